The van der Waals surface area contributed by atoms with Crippen molar-refractivity contribution in [1.29, 1.82) is 0 Å². The van der Waals surface area contributed by atoms with Crippen LogP contribution in [0.1, 0.15) is 51.1 Å². The second-order valence-corrected chi connectivity index (χ2v) is 5.92. The summed E-state index contributed by atoms with van der Waals surface area (Å²) in [4.78, 5) is 30.3. The number of rotatable bonds is 5. The Morgan fingerprint density at radius 2 is 1.88 bits per heavy atom. The van der Waals surface area contributed by atoms with E-state index in [1.807, 2.05) is 22.9 Å². The molecule has 1 fully saturated rings. The summed E-state index contributed by atoms with van der Waals surface area (Å²) in [6, 6.07) is 4.00. The topological polar surface area (TPSA) is 110 Å². The first-order valence-corrected chi connectivity index (χ1v) is 7.52. The van der Waals surface area contributed by atoms with Gasteiger partial charge in [0.1, 0.15) is 5.65 Å². The smallest absolute Gasteiger partial charge is 0.372 e. The van der Waals surface area contributed by atoms with E-state index in [4.69, 9.17) is 5.11 Å². The number of imidazole rings is 2. The summed E-state index contributed by atoms with van der Waals surface area (Å²) in [5, 5.41) is 18.2. The van der Waals surface area contributed by atoms with Crippen LogP contribution in [-0.2, 0) is 6.54 Å². The molecule has 1 saturated carbocycles. The fourth-order valence-corrected chi connectivity index (χ4v) is 2.78. The molecule has 0 saturated heterocycles. The van der Waals surface area contributed by atoms with Crippen molar-refractivity contribution in [3.8, 4) is 0 Å². The third kappa shape index (κ3) is 2.51. The zero-order valence-electron chi connectivity index (χ0n) is 12.6. The summed E-state index contributed by atoms with van der Waals surface area (Å²) < 4.78 is 3.20. The number of carboxylic acid groups (broad SMARTS) is 2. The van der Waals surface area contributed by atoms with Gasteiger partial charge in [0.15, 0.2) is 5.69 Å². The molecule has 3 aromatic rings. The van der Waals surface area contributed by atoms with Crippen molar-refractivity contribution in [2.75, 3.05) is 0 Å². The van der Waals surface area contributed by atoms with Crippen molar-refractivity contribution in [3.63, 3.8) is 0 Å². The van der Waals surface area contributed by atoms with Crippen LogP contribution in [0.4, 0.5) is 0 Å². The van der Waals surface area contributed by atoms with Gasteiger partial charge in [0.2, 0.25) is 5.82 Å². The number of aromatic carboxylic acids is 2. The van der Waals surface area contributed by atoms with Crippen molar-refractivity contribution in [3.05, 3.63) is 53.5 Å². The Morgan fingerprint density at radius 3 is 2.54 bits per heavy atom. The second-order valence-electron chi connectivity index (χ2n) is 5.92. The average Bonchev–Trinajstić information content (AvgIpc) is 3.16. The van der Waals surface area contributed by atoms with Gasteiger partial charge in [-0.3, -0.25) is 0 Å². The summed E-state index contributed by atoms with van der Waals surface area (Å²) >= 11 is 0. The number of hydrogen-bond donors (Lipinski definition) is 2. The fraction of sp³-hybridized carbons (Fsp3) is 0.250. The molecule has 0 spiro atoms. The van der Waals surface area contributed by atoms with E-state index in [0.29, 0.717) is 11.6 Å². The maximum absolute atomic E-state index is 11.2. The van der Waals surface area contributed by atoms with Crippen molar-refractivity contribution in [1.82, 2.24) is 18.9 Å². The van der Waals surface area contributed by atoms with Crippen LogP contribution in [0.2, 0.25) is 0 Å². The van der Waals surface area contributed by atoms with Gasteiger partial charge in [-0.05, 0) is 30.4 Å². The van der Waals surface area contributed by atoms with E-state index < -0.39 is 11.9 Å². The number of pyridine rings is 1. The number of fused-ring (bicyclic) bond motifs is 1. The molecular formula is C16H14N4O4. The van der Waals surface area contributed by atoms with Crippen LogP contribution < -0.4 is 0 Å². The van der Waals surface area contributed by atoms with E-state index in [1.54, 1.807) is 0 Å². The van der Waals surface area contributed by atoms with E-state index in [9.17, 15) is 14.7 Å². The molecule has 2 N–H and O–H groups in total. The van der Waals surface area contributed by atoms with Gasteiger partial charge in [-0.25, -0.2) is 19.6 Å². The van der Waals surface area contributed by atoms with E-state index in [0.717, 1.165) is 5.65 Å². The first-order chi connectivity index (χ1) is 11.5. The third-order valence-electron chi connectivity index (χ3n) is 4.09. The maximum Gasteiger partial charge on any atom is 0.372 e. The molecule has 8 heteroatoms. The van der Waals surface area contributed by atoms with E-state index >= 15 is 0 Å². The number of hydrogen-bond acceptors (Lipinski definition) is 4. The average molecular weight is 326 g/mol. The van der Waals surface area contributed by atoms with E-state index in [2.05, 4.69) is 16.0 Å². The van der Waals surface area contributed by atoms with Gasteiger partial charge in [-0.1, -0.05) is 6.07 Å². The highest BCUT2D eigenvalue weighted by atomic mass is 16.4. The summed E-state index contributed by atoms with van der Waals surface area (Å²) in [6.45, 7) is 0.141. The predicted octanol–water partition coefficient (Wildman–Crippen LogP) is 1.85. The lowest BCUT2D eigenvalue weighted by atomic mass is 10.2. The molecule has 0 unspecified atom stereocenters. The Labute approximate surface area is 136 Å². The van der Waals surface area contributed by atoms with Gasteiger partial charge in [0, 0.05) is 18.6 Å². The Morgan fingerprint density at radius 1 is 1.08 bits per heavy atom. The number of nitrogens with zero attached hydrogens (tertiary/aromatic N) is 4. The van der Waals surface area contributed by atoms with Crippen LogP contribution in [-0.4, -0.2) is 41.1 Å². The zero-order chi connectivity index (χ0) is 16.8. The molecular weight excluding hydrogens is 312 g/mol. The molecule has 0 aliphatic heterocycles. The van der Waals surface area contributed by atoms with Gasteiger partial charge in [-0.2, -0.15) is 0 Å². The molecule has 4 rings (SSSR count). The number of carboxylic acids is 2. The van der Waals surface area contributed by atoms with Gasteiger partial charge >= 0.3 is 11.9 Å². The molecule has 0 atom stereocenters. The Bertz CT molecular complexity index is 968. The molecule has 3 heterocycles. The Hall–Kier alpha value is -3.16. The molecule has 0 bridgehead atoms. The van der Waals surface area contributed by atoms with Crippen LogP contribution >= 0.6 is 0 Å². The van der Waals surface area contributed by atoms with E-state index in [-0.39, 0.29) is 18.1 Å². The molecule has 0 radical (unpaired) electrons. The first-order valence-electron chi connectivity index (χ1n) is 7.52. The van der Waals surface area contributed by atoms with Gasteiger partial charge in [0.25, 0.3) is 0 Å². The molecule has 3 aromatic heterocycles. The van der Waals surface area contributed by atoms with Crippen molar-refractivity contribution < 1.29 is 19.8 Å². The second kappa shape index (κ2) is 5.19. The minimum Gasteiger partial charge on any atom is -0.476 e. The predicted molar refractivity (Wildman–Crippen MR) is 82.4 cm³/mol. The normalized spacial score (nSPS) is 14.2. The summed E-state index contributed by atoms with van der Waals surface area (Å²) in [7, 11) is 0. The highest BCUT2D eigenvalue weighted by Crippen LogP contribution is 2.39. The fourth-order valence-electron chi connectivity index (χ4n) is 2.78. The lowest BCUT2D eigenvalue weighted by Crippen LogP contribution is -2.10. The van der Waals surface area contributed by atoms with Gasteiger partial charge in [0.05, 0.1) is 12.2 Å². The van der Waals surface area contributed by atoms with Crippen molar-refractivity contribution in [2.45, 2.75) is 25.3 Å². The monoisotopic (exact) mass is 326 g/mol. The largest absolute Gasteiger partial charge is 0.476 e. The molecule has 122 valence electrons. The lowest BCUT2D eigenvalue weighted by Gasteiger charge is -2.01. The van der Waals surface area contributed by atoms with Gasteiger partial charge in [-0.15, -0.1) is 0 Å². The molecule has 1 aliphatic rings. The number of carbonyl (C=O) groups is 2. The number of aromatic nitrogens is 4. The van der Waals surface area contributed by atoms with Crippen LogP contribution in [0.25, 0.3) is 5.65 Å². The highest BCUT2D eigenvalue weighted by Gasteiger charge is 2.24. The summed E-state index contributed by atoms with van der Waals surface area (Å²) in [5.41, 5.74) is 2.38. The first kappa shape index (κ1) is 14.4. The molecule has 8 nitrogen and oxygen atoms in total. The van der Waals surface area contributed by atoms with Crippen molar-refractivity contribution in [2.24, 2.45) is 0 Å². The third-order valence-corrected chi connectivity index (χ3v) is 4.09. The van der Waals surface area contributed by atoms with E-state index in [1.165, 1.54) is 29.2 Å². The molecule has 24 heavy (non-hydrogen) atoms. The van der Waals surface area contributed by atoms with Crippen LogP contribution in [0.15, 0.2) is 30.7 Å². The standard InChI is InChI=1S/C16H14N4O4/c21-15(22)12-8-20(14(18-12)16(23)24)7-11-6-19-5-10(9-1-2-9)3-4-13(19)17-11/h3-6,8-9H,1-2,7H2,(H,21,22)(H,23,24). The maximum atomic E-state index is 11.2. The lowest BCUT2D eigenvalue weighted by molar-refractivity contribution is 0.0678. The Balaban J connectivity index is 1.68. The highest BCUT2D eigenvalue weighted by molar-refractivity contribution is 5.89. The van der Waals surface area contributed by atoms with Crippen LogP contribution in [0.5, 0.6) is 0 Å². The molecule has 1 aliphatic carbocycles. The minimum absolute atomic E-state index is 0.141. The SMILES string of the molecule is O=C(O)c1cn(Cc2cn3cc(C4CC4)ccc3n2)c(C(=O)O)n1. The summed E-state index contributed by atoms with van der Waals surface area (Å²) in [6.07, 6.45) is 7.50. The summed E-state index contributed by atoms with van der Waals surface area (Å²) in [5.74, 6) is -2.23. The Kier molecular flexibility index (Phi) is 3.12. The van der Waals surface area contributed by atoms with Crippen molar-refractivity contribution >= 4 is 17.6 Å². The zero-order valence-corrected chi connectivity index (χ0v) is 12.6. The van der Waals surface area contributed by atoms with Crippen LogP contribution in [0, 0.1) is 0 Å². The quantitative estimate of drug-likeness (QED) is 0.740. The van der Waals surface area contributed by atoms with Gasteiger partial charge < -0.3 is 19.2 Å². The van der Waals surface area contributed by atoms with Crippen LogP contribution in [0.3, 0.4) is 0 Å². The molecule has 0 amide bonds. The minimum atomic E-state index is -1.28. The molecule has 0 aromatic carbocycles.